The van der Waals surface area contributed by atoms with Gasteiger partial charge in [-0.3, -0.25) is 9.78 Å². The lowest BCUT2D eigenvalue weighted by Crippen LogP contribution is -2.13. The molecule has 9 heteroatoms. The number of alkyl halides is 3. The molecule has 1 amide bonds. The summed E-state index contributed by atoms with van der Waals surface area (Å²) < 4.78 is 55.3. The molecule has 0 atom stereocenters. The molecule has 1 heterocycles. The number of hydrogen-bond donors (Lipinski definition) is 1. The Kier molecular flexibility index (Phi) is 8.64. The summed E-state index contributed by atoms with van der Waals surface area (Å²) in [6, 6.07) is 15.4. The van der Waals surface area contributed by atoms with E-state index in [-0.39, 0.29) is 24.7 Å². The van der Waals surface area contributed by atoms with Crippen molar-refractivity contribution < 1.29 is 32.2 Å². The summed E-state index contributed by atoms with van der Waals surface area (Å²) in [5, 5.41) is 2.45. The summed E-state index contributed by atoms with van der Waals surface area (Å²) in [7, 11) is 1.47. The van der Waals surface area contributed by atoms with E-state index >= 15 is 0 Å². The van der Waals surface area contributed by atoms with Gasteiger partial charge in [0.05, 0.1) is 23.6 Å². The van der Waals surface area contributed by atoms with Crippen molar-refractivity contribution in [2.24, 2.45) is 0 Å². The van der Waals surface area contributed by atoms with Crippen molar-refractivity contribution in [3.8, 4) is 11.5 Å². The number of methoxy groups -OCH3 is 1. The molecule has 0 saturated carbocycles. The van der Waals surface area contributed by atoms with Crippen LogP contribution in [0.25, 0.3) is 6.08 Å². The highest BCUT2D eigenvalue weighted by atomic mass is 19.4. The minimum absolute atomic E-state index is 0.0844. The first kappa shape index (κ1) is 24.8. The van der Waals surface area contributed by atoms with Crippen molar-refractivity contribution in [3.63, 3.8) is 0 Å². The number of halogens is 3. The Hall–Kier alpha value is -3.85. The first-order valence-electron chi connectivity index (χ1n) is 10.3. The van der Waals surface area contributed by atoms with E-state index in [1.807, 2.05) is 18.2 Å². The molecule has 2 aromatic carbocycles. The van der Waals surface area contributed by atoms with Gasteiger partial charge in [-0.15, -0.1) is 0 Å². The Labute approximate surface area is 195 Å². The molecule has 0 spiro atoms. The molecule has 3 rings (SSSR count). The lowest BCUT2D eigenvalue weighted by atomic mass is 10.1. The molecule has 178 valence electrons. The fourth-order valence-electron chi connectivity index (χ4n) is 2.83. The summed E-state index contributed by atoms with van der Waals surface area (Å²) in [6.07, 6.45) is -0.105. The van der Waals surface area contributed by atoms with Crippen LogP contribution in [-0.4, -0.2) is 31.2 Å². The monoisotopic (exact) mass is 472 g/mol. The molecular weight excluding hydrogens is 449 g/mol. The maximum Gasteiger partial charge on any atom is 0.416 e. The van der Waals surface area contributed by atoms with E-state index in [1.54, 1.807) is 30.5 Å². The number of benzene rings is 2. The molecule has 0 bridgehead atoms. The molecular formula is C25H23F3N2O4. The van der Waals surface area contributed by atoms with Gasteiger partial charge in [0.2, 0.25) is 5.91 Å². The quantitative estimate of drug-likeness (QED) is 0.318. The van der Waals surface area contributed by atoms with E-state index in [9.17, 15) is 18.0 Å². The Balaban J connectivity index is 1.63. The van der Waals surface area contributed by atoms with Gasteiger partial charge >= 0.3 is 6.18 Å². The number of anilines is 1. The van der Waals surface area contributed by atoms with Crippen LogP contribution in [0.1, 0.15) is 16.8 Å². The van der Waals surface area contributed by atoms with E-state index < -0.39 is 17.6 Å². The molecule has 0 saturated heterocycles. The Bertz CT molecular complexity index is 1100. The minimum atomic E-state index is -4.55. The second-order valence-electron chi connectivity index (χ2n) is 7.05. The zero-order chi connectivity index (χ0) is 24.4. The first-order valence-corrected chi connectivity index (χ1v) is 10.3. The van der Waals surface area contributed by atoms with Crippen LogP contribution < -0.4 is 14.8 Å². The number of aromatic nitrogens is 1. The Morgan fingerprint density at radius 1 is 1.03 bits per heavy atom. The van der Waals surface area contributed by atoms with E-state index in [2.05, 4.69) is 10.3 Å². The predicted octanol–water partition coefficient (Wildman–Crippen LogP) is 5.36. The average molecular weight is 472 g/mol. The molecule has 0 radical (unpaired) electrons. The number of hydrogen-bond acceptors (Lipinski definition) is 5. The van der Waals surface area contributed by atoms with E-state index in [1.165, 1.54) is 25.3 Å². The predicted molar refractivity (Wildman–Crippen MR) is 121 cm³/mol. The second kappa shape index (κ2) is 11.9. The molecule has 3 aromatic rings. The fraction of sp³-hybridized carbons (Fsp3) is 0.200. The van der Waals surface area contributed by atoms with Gasteiger partial charge in [-0.2, -0.15) is 13.2 Å². The van der Waals surface area contributed by atoms with Gasteiger partial charge in [0.1, 0.15) is 24.7 Å². The molecule has 0 fully saturated rings. The third-order valence-corrected chi connectivity index (χ3v) is 4.53. The van der Waals surface area contributed by atoms with Gasteiger partial charge in [0.25, 0.3) is 0 Å². The van der Waals surface area contributed by atoms with E-state index in [0.29, 0.717) is 17.9 Å². The van der Waals surface area contributed by atoms with Gasteiger partial charge in [-0.05, 0) is 54.1 Å². The first-order chi connectivity index (χ1) is 16.3. The van der Waals surface area contributed by atoms with E-state index in [4.69, 9.17) is 14.2 Å². The summed E-state index contributed by atoms with van der Waals surface area (Å²) in [5.41, 5.74) is 0.523. The SMILES string of the molecule is COCCOc1ccc(C(F)(F)F)cc1NC(=O)/C=C/c1ccc(OCc2ccccn2)cc1. The van der Waals surface area contributed by atoms with Crippen LogP contribution in [0.2, 0.25) is 0 Å². The number of nitrogens with zero attached hydrogens (tertiary/aromatic N) is 1. The van der Waals surface area contributed by atoms with Crippen molar-refractivity contribution in [1.29, 1.82) is 0 Å². The van der Waals surface area contributed by atoms with Gasteiger partial charge in [-0.1, -0.05) is 18.2 Å². The smallest absolute Gasteiger partial charge is 0.416 e. The molecule has 34 heavy (non-hydrogen) atoms. The number of carbonyl (C=O) groups excluding carboxylic acids is 1. The highest BCUT2D eigenvalue weighted by molar-refractivity contribution is 6.02. The van der Waals surface area contributed by atoms with Crippen molar-refractivity contribution in [2.75, 3.05) is 25.6 Å². The summed E-state index contributed by atoms with van der Waals surface area (Å²) in [6.45, 7) is 0.690. The molecule has 0 aliphatic rings. The van der Waals surface area contributed by atoms with Crippen LogP contribution in [0.15, 0.2) is 72.9 Å². The third-order valence-electron chi connectivity index (χ3n) is 4.53. The molecule has 1 aromatic heterocycles. The van der Waals surface area contributed by atoms with Crippen LogP contribution in [0, 0.1) is 0 Å². The van der Waals surface area contributed by atoms with Crippen molar-refractivity contribution in [1.82, 2.24) is 4.98 Å². The molecule has 6 nitrogen and oxygen atoms in total. The maximum atomic E-state index is 13.1. The molecule has 0 aliphatic carbocycles. The maximum absolute atomic E-state index is 13.1. The van der Waals surface area contributed by atoms with Gasteiger partial charge in [0, 0.05) is 19.4 Å². The highest BCUT2D eigenvalue weighted by Crippen LogP contribution is 2.35. The van der Waals surface area contributed by atoms with Gasteiger partial charge in [0.15, 0.2) is 0 Å². The summed E-state index contributed by atoms with van der Waals surface area (Å²) in [4.78, 5) is 16.5. The zero-order valence-corrected chi connectivity index (χ0v) is 18.3. The molecule has 0 aliphatic heterocycles. The summed E-state index contributed by atoms with van der Waals surface area (Å²) >= 11 is 0. The third kappa shape index (κ3) is 7.63. The van der Waals surface area contributed by atoms with Crippen LogP contribution in [-0.2, 0) is 22.3 Å². The number of carbonyl (C=O) groups is 1. The normalized spacial score (nSPS) is 11.4. The minimum Gasteiger partial charge on any atom is -0.489 e. The number of nitrogens with one attached hydrogen (secondary N) is 1. The lowest BCUT2D eigenvalue weighted by Gasteiger charge is -2.14. The second-order valence-corrected chi connectivity index (χ2v) is 7.05. The standard InChI is InChI=1S/C25H23F3N2O4/c1-32-14-15-33-23-11-8-19(25(26,27)28)16-22(23)30-24(31)12-7-18-5-9-21(10-6-18)34-17-20-4-2-3-13-29-20/h2-13,16H,14-15,17H2,1H3,(H,30,31)/b12-7+. The number of pyridine rings is 1. The topological polar surface area (TPSA) is 69.7 Å². The fourth-order valence-corrected chi connectivity index (χ4v) is 2.83. The number of amides is 1. The number of rotatable bonds is 10. The van der Waals surface area contributed by atoms with Crippen LogP contribution in [0.3, 0.4) is 0 Å². The molecule has 0 unspecified atom stereocenters. The van der Waals surface area contributed by atoms with Crippen molar-refractivity contribution in [2.45, 2.75) is 12.8 Å². The average Bonchev–Trinajstić information content (AvgIpc) is 2.83. The van der Waals surface area contributed by atoms with Crippen molar-refractivity contribution in [3.05, 3.63) is 89.8 Å². The lowest BCUT2D eigenvalue weighted by molar-refractivity contribution is -0.137. The van der Waals surface area contributed by atoms with Crippen molar-refractivity contribution >= 4 is 17.7 Å². The van der Waals surface area contributed by atoms with Gasteiger partial charge in [-0.25, -0.2) is 0 Å². The zero-order valence-electron chi connectivity index (χ0n) is 18.3. The highest BCUT2D eigenvalue weighted by Gasteiger charge is 2.31. The molecule has 1 N–H and O–H groups in total. The Morgan fingerprint density at radius 3 is 2.50 bits per heavy atom. The largest absolute Gasteiger partial charge is 0.489 e. The van der Waals surface area contributed by atoms with Crippen LogP contribution in [0.5, 0.6) is 11.5 Å². The summed E-state index contributed by atoms with van der Waals surface area (Å²) in [5.74, 6) is 0.140. The van der Waals surface area contributed by atoms with Gasteiger partial charge < -0.3 is 19.5 Å². The number of ether oxygens (including phenoxy) is 3. The Morgan fingerprint density at radius 2 is 1.82 bits per heavy atom. The van der Waals surface area contributed by atoms with Crippen LogP contribution in [0.4, 0.5) is 18.9 Å². The van der Waals surface area contributed by atoms with Crippen LogP contribution >= 0.6 is 0 Å². The van der Waals surface area contributed by atoms with E-state index in [0.717, 1.165) is 17.8 Å².